The molecule has 11 heavy (non-hydrogen) atoms. The van der Waals surface area contributed by atoms with Gasteiger partial charge in [-0.15, -0.1) is 0 Å². The zero-order valence-corrected chi connectivity index (χ0v) is 8.78. The SMILES string of the molecule is CC[C](CC)C(C)CC(C)C. The Bertz CT molecular complexity index is 80.0. The molecule has 0 bridgehead atoms. The minimum absolute atomic E-state index is 0.838. The topological polar surface area (TPSA) is 0 Å². The molecule has 0 amide bonds. The van der Waals surface area contributed by atoms with Gasteiger partial charge < -0.3 is 0 Å². The van der Waals surface area contributed by atoms with Gasteiger partial charge in [0.05, 0.1) is 0 Å². The van der Waals surface area contributed by atoms with E-state index >= 15 is 0 Å². The van der Waals surface area contributed by atoms with Crippen molar-refractivity contribution in [1.29, 1.82) is 0 Å². The molecule has 0 aliphatic heterocycles. The standard InChI is InChI=1S/C11H23/c1-6-11(7-2)10(5)8-9(3)4/h9-10H,6-8H2,1-5H3. The van der Waals surface area contributed by atoms with Gasteiger partial charge in [0, 0.05) is 0 Å². The molecule has 0 N–H and O–H groups in total. The Balaban J connectivity index is 3.68. The summed E-state index contributed by atoms with van der Waals surface area (Å²) >= 11 is 0. The van der Waals surface area contributed by atoms with Gasteiger partial charge in [-0.1, -0.05) is 34.6 Å². The maximum absolute atomic E-state index is 2.36. The van der Waals surface area contributed by atoms with E-state index in [1.165, 1.54) is 19.3 Å². The van der Waals surface area contributed by atoms with E-state index in [1.807, 2.05) is 0 Å². The summed E-state index contributed by atoms with van der Waals surface area (Å²) < 4.78 is 0. The van der Waals surface area contributed by atoms with Crippen LogP contribution in [0.5, 0.6) is 0 Å². The van der Waals surface area contributed by atoms with Gasteiger partial charge in [-0.25, -0.2) is 0 Å². The van der Waals surface area contributed by atoms with Gasteiger partial charge in [0.2, 0.25) is 0 Å². The smallest absolute Gasteiger partial charge is 0.0218 e. The Morgan fingerprint density at radius 2 is 1.45 bits per heavy atom. The molecule has 0 fully saturated rings. The summed E-state index contributed by atoms with van der Waals surface area (Å²) in [6.07, 6.45) is 3.89. The molecule has 1 atom stereocenters. The first-order chi connectivity index (χ1) is 5.11. The van der Waals surface area contributed by atoms with Crippen LogP contribution >= 0.6 is 0 Å². The Morgan fingerprint density at radius 1 is 1.00 bits per heavy atom. The van der Waals surface area contributed by atoms with Crippen LogP contribution in [0.15, 0.2) is 0 Å². The summed E-state index contributed by atoms with van der Waals surface area (Å²) in [5, 5.41) is 0. The molecule has 0 rings (SSSR count). The van der Waals surface area contributed by atoms with Crippen LogP contribution in [0.2, 0.25) is 0 Å². The van der Waals surface area contributed by atoms with E-state index in [0.717, 1.165) is 11.8 Å². The quantitative estimate of drug-likeness (QED) is 0.561. The zero-order valence-electron chi connectivity index (χ0n) is 8.78. The van der Waals surface area contributed by atoms with Crippen LogP contribution in [0.3, 0.4) is 0 Å². The Hall–Kier alpha value is 0. The summed E-state index contributed by atoms with van der Waals surface area (Å²) in [4.78, 5) is 0. The molecule has 0 nitrogen and oxygen atoms in total. The van der Waals surface area contributed by atoms with Gasteiger partial charge in [-0.2, -0.15) is 0 Å². The molecule has 0 aromatic heterocycles. The summed E-state index contributed by atoms with van der Waals surface area (Å²) in [6.45, 7) is 11.5. The van der Waals surface area contributed by atoms with Crippen molar-refractivity contribution in [2.75, 3.05) is 0 Å². The van der Waals surface area contributed by atoms with Crippen LogP contribution in [0.1, 0.15) is 53.9 Å². The van der Waals surface area contributed by atoms with Crippen LogP contribution in [0.25, 0.3) is 0 Å². The van der Waals surface area contributed by atoms with Crippen molar-refractivity contribution < 1.29 is 0 Å². The van der Waals surface area contributed by atoms with E-state index in [2.05, 4.69) is 34.6 Å². The molecule has 1 unspecified atom stereocenters. The number of hydrogen-bond acceptors (Lipinski definition) is 0. The maximum Gasteiger partial charge on any atom is -0.0218 e. The second kappa shape index (κ2) is 5.62. The first-order valence-corrected chi connectivity index (χ1v) is 4.96. The lowest BCUT2D eigenvalue weighted by atomic mass is 9.84. The summed E-state index contributed by atoms with van der Waals surface area (Å²) in [7, 11) is 0. The minimum atomic E-state index is 0.838. The van der Waals surface area contributed by atoms with Crippen molar-refractivity contribution in [3.05, 3.63) is 5.92 Å². The largest absolute Gasteiger partial charge is 0.0648 e. The average Bonchev–Trinajstić information content (AvgIpc) is 1.88. The molecule has 0 aliphatic rings. The highest BCUT2D eigenvalue weighted by Gasteiger charge is 2.14. The second-order valence-corrected chi connectivity index (χ2v) is 3.90. The van der Waals surface area contributed by atoms with Gasteiger partial charge >= 0.3 is 0 Å². The fraction of sp³-hybridized carbons (Fsp3) is 0.909. The highest BCUT2D eigenvalue weighted by Crippen LogP contribution is 2.26. The first kappa shape index (κ1) is 11.0. The highest BCUT2D eigenvalue weighted by atomic mass is 14.2. The molecule has 0 saturated carbocycles. The average molecular weight is 155 g/mol. The van der Waals surface area contributed by atoms with E-state index in [-0.39, 0.29) is 0 Å². The van der Waals surface area contributed by atoms with Crippen LogP contribution in [0.4, 0.5) is 0 Å². The van der Waals surface area contributed by atoms with E-state index in [0.29, 0.717) is 0 Å². The predicted octanol–water partition coefficient (Wildman–Crippen LogP) is 4.06. The molecule has 0 aliphatic carbocycles. The Kier molecular flexibility index (Phi) is 5.62. The molecule has 67 valence electrons. The minimum Gasteiger partial charge on any atom is -0.0648 e. The molecular formula is C11H23. The Morgan fingerprint density at radius 3 is 1.73 bits per heavy atom. The highest BCUT2D eigenvalue weighted by molar-refractivity contribution is 4.91. The fourth-order valence-electron chi connectivity index (χ4n) is 1.82. The van der Waals surface area contributed by atoms with Gasteiger partial charge in [-0.05, 0) is 37.0 Å². The molecule has 0 saturated heterocycles. The van der Waals surface area contributed by atoms with Crippen molar-refractivity contribution in [3.8, 4) is 0 Å². The third-order valence-electron chi connectivity index (χ3n) is 2.43. The van der Waals surface area contributed by atoms with Crippen LogP contribution in [-0.2, 0) is 0 Å². The lowest BCUT2D eigenvalue weighted by molar-refractivity contribution is 0.425. The molecule has 0 heterocycles. The van der Waals surface area contributed by atoms with Crippen molar-refractivity contribution in [2.45, 2.75) is 53.9 Å². The zero-order chi connectivity index (χ0) is 8.85. The van der Waals surface area contributed by atoms with Crippen molar-refractivity contribution in [1.82, 2.24) is 0 Å². The van der Waals surface area contributed by atoms with Crippen molar-refractivity contribution in [2.24, 2.45) is 11.8 Å². The lowest BCUT2D eigenvalue weighted by Crippen LogP contribution is -2.10. The number of rotatable bonds is 5. The van der Waals surface area contributed by atoms with Gasteiger partial charge in [0.1, 0.15) is 0 Å². The van der Waals surface area contributed by atoms with Crippen molar-refractivity contribution in [3.63, 3.8) is 0 Å². The molecule has 0 aromatic carbocycles. The summed E-state index contributed by atoms with van der Waals surface area (Å²) in [5.74, 6) is 3.42. The first-order valence-electron chi connectivity index (χ1n) is 4.96. The third-order valence-corrected chi connectivity index (χ3v) is 2.43. The van der Waals surface area contributed by atoms with Crippen molar-refractivity contribution >= 4 is 0 Å². The van der Waals surface area contributed by atoms with Crippen LogP contribution in [0, 0.1) is 17.8 Å². The summed E-state index contributed by atoms with van der Waals surface area (Å²) in [6, 6.07) is 0. The second-order valence-electron chi connectivity index (χ2n) is 3.90. The maximum atomic E-state index is 2.36. The van der Waals surface area contributed by atoms with Crippen LogP contribution in [-0.4, -0.2) is 0 Å². The van der Waals surface area contributed by atoms with E-state index < -0.39 is 0 Å². The Labute approximate surface area is 72.4 Å². The van der Waals surface area contributed by atoms with Gasteiger partial charge in [0.25, 0.3) is 0 Å². The normalized spacial score (nSPS) is 14.5. The predicted molar refractivity (Wildman–Crippen MR) is 52.4 cm³/mol. The fourth-order valence-corrected chi connectivity index (χ4v) is 1.82. The molecule has 0 aromatic rings. The van der Waals surface area contributed by atoms with Crippen LogP contribution < -0.4 is 0 Å². The number of hydrogen-bond donors (Lipinski definition) is 0. The molecule has 1 radical (unpaired) electrons. The van der Waals surface area contributed by atoms with E-state index in [4.69, 9.17) is 0 Å². The lowest BCUT2D eigenvalue weighted by Gasteiger charge is -2.22. The molecular weight excluding hydrogens is 132 g/mol. The molecule has 0 heteroatoms. The van der Waals surface area contributed by atoms with E-state index in [1.54, 1.807) is 5.92 Å². The summed E-state index contributed by atoms with van der Waals surface area (Å²) in [5.41, 5.74) is 0. The monoisotopic (exact) mass is 155 g/mol. The van der Waals surface area contributed by atoms with Gasteiger partial charge in [0.15, 0.2) is 0 Å². The van der Waals surface area contributed by atoms with E-state index in [9.17, 15) is 0 Å². The van der Waals surface area contributed by atoms with Gasteiger partial charge in [-0.3, -0.25) is 0 Å². The molecule has 0 spiro atoms. The third kappa shape index (κ3) is 4.44.